The predicted molar refractivity (Wildman–Crippen MR) is 75.9 cm³/mol. The number of hydrogen-bond acceptors (Lipinski definition) is 5. The van der Waals surface area contributed by atoms with Crippen LogP contribution in [0.5, 0.6) is 0 Å². The molecule has 0 N–H and O–H groups in total. The number of esters is 2. The summed E-state index contributed by atoms with van der Waals surface area (Å²) in [5.74, 6) is -1.37. The van der Waals surface area contributed by atoms with Gasteiger partial charge in [0.05, 0.1) is 14.2 Å². The van der Waals surface area contributed by atoms with Gasteiger partial charge < -0.3 is 14.4 Å². The maximum atomic E-state index is 12.3. The number of ether oxygens (including phenoxy) is 2. The number of amides is 1. The molecular weight excluding hydrogens is 298 g/mol. The van der Waals surface area contributed by atoms with Crippen LogP contribution in [0.25, 0.3) is 0 Å². The van der Waals surface area contributed by atoms with E-state index < -0.39 is 17.8 Å². The van der Waals surface area contributed by atoms with Crippen LogP contribution in [0.3, 0.4) is 0 Å². The summed E-state index contributed by atoms with van der Waals surface area (Å²) in [5, 5.41) is 0. The second-order valence-electron chi connectivity index (χ2n) is 4.14. The number of halogens is 1. The summed E-state index contributed by atoms with van der Waals surface area (Å²) in [5.41, 5.74) is 1.21. The Labute approximate surface area is 127 Å². The highest BCUT2D eigenvalue weighted by molar-refractivity contribution is 6.17. The monoisotopic (exact) mass is 313 g/mol. The Hall–Kier alpha value is -2.08. The van der Waals surface area contributed by atoms with Crippen molar-refractivity contribution >= 4 is 29.4 Å². The molecule has 1 aromatic rings. The standard InChI is InChI=1S/C14H16ClNO5/c1-20-12(17)8-16(9-13(18)21-2)14(19)11-5-3-10(7-15)4-6-11/h3-6H,7-9H2,1-2H3. The number of benzene rings is 1. The second-order valence-corrected chi connectivity index (χ2v) is 4.41. The minimum absolute atomic E-state index is 0.332. The van der Waals surface area contributed by atoms with Crippen LogP contribution in [-0.4, -0.2) is 50.1 Å². The van der Waals surface area contributed by atoms with Crippen molar-refractivity contribution in [3.05, 3.63) is 35.4 Å². The van der Waals surface area contributed by atoms with E-state index in [1.54, 1.807) is 24.3 Å². The molecule has 6 nitrogen and oxygen atoms in total. The van der Waals surface area contributed by atoms with E-state index in [1.807, 2.05) is 0 Å². The third-order valence-electron chi connectivity index (χ3n) is 2.74. The molecule has 0 aromatic heterocycles. The Morgan fingerprint density at radius 1 is 1.00 bits per heavy atom. The zero-order valence-corrected chi connectivity index (χ0v) is 12.6. The van der Waals surface area contributed by atoms with E-state index in [4.69, 9.17) is 11.6 Å². The summed E-state index contributed by atoms with van der Waals surface area (Å²) in [6.07, 6.45) is 0. The van der Waals surface area contributed by atoms with Gasteiger partial charge in [-0.25, -0.2) is 0 Å². The molecule has 0 aliphatic carbocycles. The highest BCUT2D eigenvalue weighted by Gasteiger charge is 2.22. The van der Waals surface area contributed by atoms with Crippen LogP contribution in [-0.2, 0) is 24.9 Å². The zero-order chi connectivity index (χ0) is 15.8. The minimum Gasteiger partial charge on any atom is -0.468 e. The fourth-order valence-corrected chi connectivity index (χ4v) is 1.74. The smallest absolute Gasteiger partial charge is 0.325 e. The Kier molecular flexibility index (Phi) is 6.68. The van der Waals surface area contributed by atoms with E-state index >= 15 is 0 Å². The number of hydrogen-bond donors (Lipinski definition) is 0. The molecule has 1 rings (SSSR count). The molecule has 0 saturated heterocycles. The number of rotatable bonds is 6. The molecule has 0 heterocycles. The van der Waals surface area contributed by atoms with E-state index in [-0.39, 0.29) is 13.1 Å². The van der Waals surface area contributed by atoms with Gasteiger partial charge in [0.15, 0.2) is 0 Å². The molecular formula is C14H16ClNO5. The lowest BCUT2D eigenvalue weighted by Gasteiger charge is -2.20. The fourth-order valence-electron chi connectivity index (χ4n) is 1.56. The molecule has 0 fully saturated rings. The van der Waals surface area contributed by atoms with Crippen LogP contribution in [0.1, 0.15) is 15.9 Å². The van der Waals surface area contributed by atoms with Crippen LogP contribution in [0.4, 0.5) is 0 Å². The summed E-state index contributed by atoms with van der Waals surface area (Å²) in [6.45, 7) is -0.663. The molecule has 0 aliphatic rings. The van der Waals surface area contributed by atoms with Gasteiger partial charge in [0.1, 0.15) is 13.1 Å². The summed E-state index contributed by atoms with van der Waals surface area (Å²) < 4.78 is 9.03. The lowest BCUT2D eigenvalue weighted by atomic mass is 10.1. The first kappa shape index (κ1) is 17.0. The third kappa shape index (κ3) is 5.07. The summed E-state index contributed by atoms with van der Waals surface area (Å²) in [4.78, 5) is 36.1. The van der Waals surface area contributed by atoms with Crippen LogP contribution in [0, 0.1) is 0 Å². The van der Waals surface area contributed by atoms with Gasteiger partial charge >= 0.3 is 11.9 Å². The van der Waals surface area contributed by atoms with Crippen molar-refractivity contribution in [3.8, 4) is 0 Å². The predicted octanol–water partition coefficient (Wildman–Crippen LogP) is 1.21. The SMILES string of the molecule is COC(=O)CN(CC(=O)OC)C(=O)c1ccc(CCl)cc1. The van der Waals surface area contributed by atoms with Crippen LogP contribution >= 0.6 is 11.6 Å². The van der Waals surface area contributed by atoms with Gasteiger partial charge in [-0.3, -0.25) is 14.4 Å². The van der Waals surface area contributed by atoms with Crippen molar-refractivity contribution in [1.82, 2.24) is 4.90 Å². The number of nitrogens with zero attached hydrogens (tertiary/aromatic N) is 1. The first-order valence-electron chi connectivity index (χ1n) is 6.09. The molecule has 1 aromatic carbocycles. The van der Waals surface area contributed by atoms with Crippen molar-refractivity contribution in [2.24, 2.45) is 0 Å². The van der Waals surface area contributed by atoms with Gasteiger partial charge in [-0.2, -0.15) is 0 Å². The Morgan fingerprint density at radius 2 is 1.48 bits per heavy atom. The fraction of sp³-hybridized carbons (Fsp3) is 0.357. The van der Waals surface area contributed by atoms with Gasteiger partial charge in [-0.05, 0) is 17.7 Å². The van der Waals surface area contributed by atoms with Crippen molar-refractivity contribution in [2.75, 3.05) is 27.3 Å². The van der Waals surface area contributed by atoms with Gasteiger partial charge in [0.2, 0.25) is 0 Å². The lowest BCUT2D eigenvalue weighted by Crippen LogP contribution is -2.40. The van der Waals surface area contributed by atoms with Gasteiger partial charge in [-0.15, -0.1) is 11.6 Å². The van der Waals surface area contributed by atoms with Crippen molar-refractivity contribution in [1.29, 1.82) is 0 Å². The normalized spacial score (nSPS) is 9.86. The van der Waals surface area contributed by atoms with E-state index in [0.717, 1.165) is 10.5 Å². The van der Waals surface area contributed by atoms with Gasteiger partial charge in [-0.1, -0.05) is 12.1 Å². The highest BCUT2D eigenvalue weighted by Crippen LogP contribution is 2.10. The summed E-state index contributed by atoms with van der Waals surface area (Å²) in [6, 6.07) is 6.58. The first-order valence-corrected chi connectivity index (χ1v) is 6.63. The summed E-state index contributed by atoms with van der Waals surface area (Å²) >= 11 is 5.68. The minimum atomic E-state index is -0.621. The molecule has 1 amide bonds. The van der Waals surface area contributed by atoms with Crippen molar-refractivity contribution in [2.45, 2.75) is 5.88 Å². The topological polar surface area (TPSA) is 72.9 Å². The Bertz CT molecular complexity index is 497. The molecule has 0 bridgehead atoms. The van der Waals surface area contributed by atoms with E-state index in [0.29, 0.717) is 11.4 Å². The van der Waals surface area contributed by atoms with E-state index in [2.05, 4.69) is 9.47 Å². The van der Waals surface area contributed by atoms with E-state index in [9.17, 15) is 14.4 Å². The second kappa shape index (κ2) is 8.26. The lowest BCUT2D eigenvalue weighted by molar-refractivity contribution is -0.144. The van der Waals surface area contributed by atoms with Crippen LogP contribution in [0.15, 0.2) is 24.3 Å². The van der Waals surface area contributed by atoms with E-state index in [1.165, 1.54) is 14.2 Å². The molecule has 0 atom stereocenters. The molecule has 0 radical (unpaired) electrons. The quantitative estimate of drug-likeness (QED) is 0.583. The van der Waals surface area contributed by atoms with Crippen molar-refractivity contribution in [3.63, 3.8) is 0 Å². The van der Waals surface area contributed by atoms with Crippen molar-refractivity contribution < 1.29 is 23.9 Å². The van der Waals surface area contributed by atoms with Gasteiger partial charge in [0, 0.05) is 11.4 Å². The largest absolute Gasteiger partial charge is 0.468 e. The molecule has 0 spiro atoms. The zero-order valence-electron chi connectivity index (χ0n) is 11.8. The Balaban J connectivity index is 2.91. The number of methoxy groups -OCH3 is 2. The van der Waals surface area contributed by atoms with Crippen LogP contribution in [0.2, 0.25) is 0 Å². The number of carbonyl (C=O) groups is 3. The first-order chi connectivity index (χ1) is 10.0. The number of carbonyl (C=O) groups excluding carboxylic acids is 3. The highest BCUT2D eigenvalue weighted by atomic mass is 35.5. The molecule has 0 aliphatic heterocycles. The van der Waals surface area contributed by atoms with Crippen LogP contribution < -0.4 is 0 Å². The Morgan fingerprint density at radius 3 is 1.86 bits per heavy atom. The maximum Gasteiger partial charge on any atom is 0.325 e. The summed E-state index contributed by atoms with van der Waals surface area (Å²) in [7, 11) is 2.41. The maximum absolute atomic E-state index is 12.3. The average molecular weight is 314 g/mol. The molecule has 21 heavy (non-hydrogen) atoms. The molecule has 0 unspecified atom stereocenters. The molecule has 114 valence electrons. The molecule has 7 heteroatoms. The number of alkyl halides is 1. The average Bonchev–Trinajstić information content (AvgIpc) is 2.53. The van der Waals surface area contributed by atoms with Gasteiger partial charge in [0.25, 0.3) is 5.91 Å². The molecule has 0 saturated carbocycles. The third-order valence-corrected chi connectivity index (χ3v) is 3.05.